The van der Waals surface area contributed by atoms with Gasteiger partial charge in [0.15, 0.2) is 5.65 Å². The van der Waals surface area contributed by atoms with Crippen LogP contribution in [0.15, 0.2) is 24.4 Å². The molecule has 1 N–H and O–H groups in total. The zero-order chi connectivity index (χ0) is 18.3. The van der Waals surface area contributed by atoms with Crippen LogP contribution in [-0.4, -0.2) is 29.9 Å². The summed E-state index contributed by atoms with van der Waals surface area (Å²) in [5, 5.41) is 13.3. The minimum absolute atomic E-state index is 0.345. The fraction of sp³-hybridized carbons (Fsp3) is 0.300. The molecule has 0 bridgehead atoms. The molecule has 0 unspecified atom stereocenters. The average molecular weight is 360 g/mol. The summed E-state index contributed by atoms with van der Waals surface area (Å²) in [6.07, 6.45) is 3.47. The molecule has 4 aromatic rings. The van der Waals surface area contributed by atoms with Gasteiger partial charge in [-0.2, -0.15) is 10.2 Å². The number of H-pyrrole nitrogens is 1. The second-order valence-electron chi connectivity index (χ2n) is 7.60. The van der Waals surface area contributed by atoms with Gasteiger partial charge in [-0.05, 0) is 50.8 Å². The Morgan fingerprint density at radius 3 is 2.96 bits per heavy atom. The maximum absolute atomic E-state index is 13.4. The summed E-state index contributed by atoms with van der Waals surface area (Å²) in [6, 6.07) is 5.73. The van der Waals surface area contributed by atoms with E-state index in [0.29, 0.717) is 23.3 Å². The van der Waals surface area contributed by atoms with Gasteiger partial charge in [-0.1, -0.05) is 0 Å². The van der Waals surface area contributed by atoms with E-state index in [-0.39, 0.29) is 5.82 Å². The van der Waals surface area contributed by atoms with E-state index in [0.717, 1.165) is 40.0 Å². The van der Waals surface area contributed by atoms with Gasteiger partial charge in [0.05, 0.1) is 17.9 Å². The van der Waals surface area contributed by atoms with Crippen LogP contribution >= 0.6 is 0 Å². The molecule has 7 heteroatoms. The van der Waals surface area contributed by atoms with Crippen molar-refractivity contribution in [3.05, 3.63) is 47.3 Å². The zero-order valence-corrected chi connectivity index (χ0v) is 15.0. The van der Waals surface area contributed by atoms with E-state index in [1.165, 1.54) is 24.4 Å². The highest BCUT2D eigenvalue weighted by Gasteiger charge is 2.48. The first-order valence-corrected chi connectivity index (χ1v) is 9.16. The number of fused-ring (bicyclic) bond motifs is 4. The fourth-order valence-electron chi connectivity index (χ4n) is 4.41. The number of aryl methyl sites for hydroxylation is 2. The highest BCUT2D eigenvalue weighted by atomic mass is 19.1. The summed E-state index contributed by atoms with van der Waals surface area (Å²) in [6.45, 7) is 3.98. The van der Waals surface area contributed by atoms with Crippen LogP contribution in [0.1, 0.15) is 29.5 Å². The van der Waals surface area contributed by atoms with Crippen LogP contribution in [0.3, 0.4) is 0 Å². The van der Waals surface area contributed by atoms with E-state index < -0.39 is 0 Å². The number of nitrogens with one attached hydrogen (secondary N) is 1. The third kappa shape index (κ3) is 2.05. The summed E-state index contributed by atoms with van der Waals surface area (Å²) < 4.78 is 15.6. The number of rotatable bonds is 2. The molecule has 0 spiro atoms. The van der Waals surface area contributed by atoms with Crippen molar-refractivity contribution in [3.8, 4) is 22.5 Å². The first kappa shape index (κ1) is 15.0. The van der Waals surface area contributed by atoms with Gasteiger partial charge < -0.3 is 0 Å². The second-order valence-corrected chi connectivity index (χ2v) is 7.60. The van der Waals surface area contributed by atoms with Crippen LogP contribution in [0.5, 0.6) is 0 Å². The molecule has 5 heterocycles. The van der Waals surface area contributed by atoms with Crippen molar-refractivity contribution in [2.24, 2.45) is 5.92 Å². The van der Waals surface area contributed by atoms with E-state index in [4.69, 9.17) is 5.10 Å². The van der Waals surface area contributed by atoms with Crippen molar-refractivity contribution in [2.75, 3.05) is 0 Å². The predicted molar refractivity (Wildman–Crippen MR) is 98.6 cm³/mol. The Morgan fingerprint density at radius 1 is 1.26 bits per heavy atom. The molecule has 1 saturated carbocycles. The highest BCUT2D eigenvalue weighted by Crippen LogP contribution is 2.55. The molecule has 134 valence electrons. The summed E-state index contributed by atoms with van der Waals surface area (Å²) in [7, 11) is 0. The summed E-state index contributed by atoms with van der Waals surface area (Å²) >= 11 is 0. The Balaban J connectivity index is 1.69. The first-order valence-electron chi connectivity index (χ1n) is 9.16. The van der Waals surface area contributed by atoms with Gasteiger partial charge >= 0.3 is 0 Å². The predicted octanol–water partition coefficient (Wildman–Crippen LogP) is 3.76. The van der Waals surface area contributed by atoms with E-state index >= 15 is 0 Å². The van der Waals surface area contributed by atoms with Gasteiger partial charge in [-0.25, -0.2) is 9.37 Å². The molecule has 0 amide bonds. The minimum Gasteiger partial charge on any atom is -0.280 e. The molecule has 1 aliphatic carbocycles. The quantitative estimate of drug-likeness (QED) is 0.591. The van der Waals surface area contributed by atoms with Crippen molar-refractivity contribution >= 4 is 11.0 Å². The monoisotopic (exact) mass is 360 g/mol. The number of hydrogen-bond acceptors (Lipinski definition) is 4. The molecule has 2 aliphatic rings. The van der Waals surface area contributed by atoms with Gasteiger partial charge in [0.25, 0.3) is 0 Å². The van der Waals surface area contributed by atoms with Gasteiger partial charge in [-0.15, -0.1) is 0 Å². The van der Waals surface area contributed by atoms with E-state index in [9.17, 15) is 4.39 Å². The summed E-state index contributed by atoms with van der Waals surface area (Å²) in [5.41, 5.74) is 7.50. The molecule has 2 atom stereocenters. The maximum atomic E-state index is 13.4. The van der Waals surface area contributed by atoms with Crippen molar-refractivity contribution in [1.82, 2.24) is 29.9 Å². The Bertz CT molecular complexity index is 1220. The molecule has 27 heavy (non-hydrogen) atoms. The fourth-order valence-corrected chi connectivity index (χ4v) is 4.41. The third-order valence-electron chi connectivity index (χ3n) is 5.74. The van der Waals surface area contributed by atoms with Gasteiger partial charge in [0, 0.05) is 33.6 Å². The average Bonchev–Trinajstić information content (AvgIpc) is 2.98. The van der Waals surface area contributed by atoms with E-state index in [1.54, 1.807) is 6.07 Å². The number of nitrogens with zero attached hydrogens (tertiary/aromatic N) is 5. The number of aromatic nitrogens is 6. The Kier molecular flexibility index (Phi) is 2.78. The second kappa shape index (κ2) is 5.00. The molecule has 1 aliphatic heterocycles. The van der Waals surface area contributed by atoms with E-state index in [2.05, 4.69) is 30.9 Å². The standard InChI is InChI=1S/C20H17FN6/c1-9-5-13(17-10(2)24-25-20(17)23-9)18-16-7-11-6-15(11)27(16)26-19(18)14-4-3-12(21)8-22-14/h3-5,8,11,15H,6-7H2,1-2H3,(H,23,24,25)/t11-,15-/m0/s1. The molecule has 1 fully saturated rings. The van der Waals surface area contributed by atoms with Crippen LogP contribution in [0.4, 0.5) is 4.39 Å². The Labute approximate surface area is 154 Å². The lowest BCUT2D eigenvalue weighted by Gasteiger charge is -2.09. The van der Waals surface area contributed by atoms with Crippen LogP contribution in [0, 0.1) is 25.6 Å². The number of halogens is 1. The zero-order valence-electron chi connectivity index (χ0n) is 15.0. The molecular weight excluding hydrogens is 343 g/mol. The molecule has 6 rings (SSSR count). The maximum Gasteiger partial charge on any atom is 0.182 e. The normalized spacial score (nSPS) is 20.1. The smallest absolute Gasteiger partial charge is 0.182 e. The van der Waals surface area contributed by atoms with Crippen LogP contribution < -0.4 is 0 Å². The van der Waals surface area contributed by atoms with Crippen molar-refractivity contribution < 1.29 is 4.39 Å². The van der Waals surface area contributed by atoms with Crippen LogP contribution in [-0.2, 0) is 6.42 Å². The number of pyridine rings is 2. The molecule has 4 aromatic heterocycles. The van der Waals surface area contributed by atoms with Gasteiger partial charge in [-0.3, -0.25) is 14.8 Å². The topological polar surface area (TPSA) is 72.3 Å². The molecule has 6 nitrogen and oxygen atoms in total. The van der Waals surface area contributed by atoms with Crippen LogP contribution in [0.25, 0.3) is 33.5 Å². The van der Waals surface area contributed by atoms with Gasteiger partial charge in [0.2, 0.25) is 0 Å². The number of aromatic amines is 1. The number of hydrogen-bond donors (Lipinski definition) is 1. The van der Waals surface area contributed by atoms with Crippen molar-refractivity contribution in [2.45, 2.75) is 32.7 Å². The van der Waals surface area contributed by atoms with Gasteiger partial charge in [0.1, 0.15) is 11.5 Å². The summed E-state index contributed by atoms with van der Waals surface area (Å²) in [5.74, 6) is 0.354. The minimum atomic E-state index is -0.345. The van der Waals surface area contributed by atoms with Crippen LogP contribution in [0.2, 0.25) is 0 Å². The lowest BCUT2D eigenvalue weighted by atomic mass is 9.96. The highest BCUT2D eigenvalue weighted by molar-refractivity contribution is 5.99. The Morgan fingerprint density at radius 2 is 2.15 bits per heavy atom. The lowest BCUT2D eigenvalue weighted by molar-refractivity contribution is 0.621. The summed E-state index contributed by atoms with van der Waals surface area (Å²) in [4.78, 5) is 8.87. The SMILES string of the molecule is Cc1cc(-c2c(-c3ccc(F)cn3)nn3c2C[C@@H]2C[C@@H]23)c2c(C)[nH]nc2n1. The lowest BCUT2D eigenvalue weighted by Crippen LogP contribution is -1.97. The molecule has 0 aromatic carbocycles. The third-order valence-corrected chi connectivity index (χ3v) is 5.74. The molecule has 0 radical (unpaired) electrons. The largest absolute Gasteiger partial charge is 0.280 e. The molecular formula is C20H17FN6. The first-order chi connectivity index (χ1) is 13.1. The Hall–Kier alpha value is -3.09. The van der Waals surface area contributed by atoms with Crippen molar-refractivity contribution in [3.63, 3.8) is 0 Å². The molecule has 0 saturated heterocycles. The van der Waals surface area contributed by atoms with Crippen molar-refractivity contribution in [1.29, 1.82) is 0 Å². The van der Waals surface area contributed by atoms with E-state index in [1.807, 2.05) is 13.8 Å².